The molecule has 2 aliphatic heterocycles. The van der Waals surface area contributed by atoms with Gasteiger partial charge < -0.3 is 19.8 Å². The van der Waals surface area contributed by atoms with E-state index in [1.54, 1.807) is 0 Å². The van der Waals surface area contributed by atoms with E-state index < -0.39 is 0 Å². The Morgan fingerprint density at radius 1 is 1.03 bits per heavy atom. The predicted octanol–water partition coefficient (Wildman–Crippen LogP) is 3.37. The largest absolute Gasteiger partial charge is 0.506 e. The fourth-order valence-electron chi connectivity index (χ4n) is 5.66. The number of aromatic hydroxyl groups is 1. The first kappa shape index (κ1) is 20.8. The second-order valence-corrected chi connectivity index (χ2v) is 9.69. The van der Waals surface area contributed by atoms with Gasteiger partial charge in [0.25, 0.3) is 5.91 Å². The molecule has 2 unspecified atom stereocenters. The molecule has 1 N–H and O–H groups in total. The maximum Gasteiger partial charge on any atom is 0.254 e. The topological polar surface area (TPSA) is 47.0 Å². The molecule has 5 nitrogen and oxygen atoms in total. The molecule has 5 rings (SSSR count). The Balaban J connectivity index is 1.59. The Kier molecular flexibility index (Phi) is 5.45. The molecule has 6 heteroatoms. The first-order chi connectivity index (χ1) is 14.9. The highest BCUT2D eigenvalue weighted by atomic mass is 35.5. The van der Waals surface area contributed by atoms with E-state index in [1.165, 1.54) is 16.7 Å². The second kappa shape index (κ2) is 8.12. The number of phenolic OH excluding ortho intramolecular Hbond substituents is 1. The molecule has 1 saturated heterocycles. The first-order valence-corrected chi connectivity index (χ1v) is 11.6. The van der Waals surface area contributed by atoms with E-state index >= 15 is 0 Å². The van der Waals surface area contributed by atoms with Gasteiger partial charge in [-0.25, -0.2) is 0 Å². The number of fused-ring (bicyclic) bond motifs is 5. The number of nitrogens with zero attached hydrogens (tertiary/aromatic N) is 3. The molecule has 0 radical (unpaired) electrons. The maximum absolute atomic E-state index is 13.5. The van der Waals surface area contributed by atoms with Crippen LogP contribution < -0.4 is 0 Å². The normalized spacial score (nSPS) is 24.2. The minimum atomic E-state index is 0.134. The predicted molar refractivity (Wildman–Crippen MR) is 123 cm³/mol. The van der Waals surface area contributed by atoms with Crippen LogP contribution in [0.5, 0.6) is 5.75 Å². The van der Waals surface area contributed by atoms with Gasteiger partial charge in [0, 0.05) is 50.2 Å². The summed E-state index contributed by atoms with van der Waals surface area (Å²) in [5, 5.41) is 10.8. The van der Waals surface area contributed by atoms with E-state index in [1.807, 2.05) is 29.2 Å². The Hall–Kier alpha value is -2.08. The molecule has 2 aromatic carbocycles. The Morgan fingerprint density at radius 3 is 2.58 bits per heavy atom. The molecular formula is C25H30ClN3O2. The molecule has 2 aromatic rings. The van der Waals surface area contributed by atoms with Crippen LogP contribution in [0.2, 0.25) is 5.02 Å². The van der Waals surface area contributed by atoms with Crippen molar-refractivity contribution in [3.8, 4) is 5.75 Å². The summed E-state index contributed by atoms with van der Waals surface area (Å²) in [5.74, 6) is 0.430. The monoisotopic (exact) mass is 439 g/mol. The zero-order chi connectivity index (χ0) is 21.7. The van der Waals surface area contributed by atoms with Crippen molar-refractivity contribution >= 4 is 17.5 Å². The Morgan fingerprint density at radius 2 is 1.81 bits per heavy atom. The average Bonchev–Trinajstić information content (AvgIpc) is 2.91. The number of benzene rings is 2. The van der Waals surface area contributed by atoms with Crippen molar-refractivity contribution in [2.24, 2.45) is 0 Å². The Labute approximate surface area is 189 Å². The number of carbonyl (C=O) groups excluding carboxylic acids is 1. The summed E-state index contributed by atoms with van der Waals surface area (Å²) in [6, 6.07) is 10.4. The third kappa shape index (κ3) is 3.63. The van der Waals surface area contributed by atoms with Crippen LogP contribution in [0.1, 0.15) is 45.0 Å². The molecule has 1 amide bonds. The van der Waals surface area contributed by atoms with Gasteiger partial charge >= 0.3 is 0 Å². The van der Waals surface area contributed by atoms with Crippen LogP contribution in [0.25, 0.3) is 0 Å². The molecule has 0 aromatic heterocycles. The van der Waals surface area contributed by atoms with E-state index in [0.29, 0.717) is 11.1 Å². The van der Waals surface area contributed by atoms with Crippen molar-refractivity contribution in [3.63, 3.8) is 0 Å². The lowest BCUT2D eigenvalue weighted by molar-refractivity contribution is 0.0662. The number of amides is 1. The Bertz CT molecular complexity index is 1020. The molecule has 31 heavy (non-hydrogen) atoms. The van der Waals surface area contributed by atoms with Crippen molar-refractivity contribution in [1.29, 1.82) is 0 Å². The van der Waals surface area contributed by atoms with Gasteiger partial charge in [0.1, 0.15) is 5.75 Å². The molecule has 1 aliphatic carbocycles. The van der Waals surface area contributed by atoms with Crippen LogP contribution in [-0.4, -0.2) is 78.6 Å². The van der Waals surface area contributed by atoms with E-state index in [0.717, 1.165) is 63.1 Å². The van der Waals surface area contributed by atoms with Crippen molar-refractivity contribution in [2.45, 2.75) is 31.2 Å². The number of halogens is 1. The van der Waals surface area contributed by atoms with Gasteiger partial charge in [-0.2, -0.15) is 0 Å². The van der Waals surface area contributed by atoms with Gasteiger partial charge in [-0.1, -0.05) is 23.7 Å². The SMILES string of the molecule is CN1CCN(C(=O)c2cccc3c2CCC2C3c3cc(O)c(Cl)cc3CCN2C)CC1. The molecule has 2 atom stereocenters. The summed E-state index contributed by atoms with van der Waals surface area (Å²) in [6.45, 7) is 4.36. The van der Waals surface area contributed by atoms with Crippen molar-refractivity contribution in [3.05, 3.63) is 63.2 Å². The molecule has 1 fully saturated rings. The van der Waals surface area contributed by atoms with Crippen LogP contribution in [0, 0.1) is 0 Å². The zero-order valence-electron chi connectivity index (χ0n) is 18.3. The fourth-order valence-corrected chi connectivity index (χ4v) is 5.85. The van der Waals surface area contributed by atoms with Crippen molar-refractivity contribution in [2.75, 3.05) is 46.8 Å². The average molecular weight is 440 g/mol. The minimum absolute atomic E-state index is 0.134. The van der Waals surface area contributed by atoms with Crippen molar-refractivity contribution in [1.82, 2.24) is 14.7 Å². The van der Waals surface area contributed by atoms with Gasteiger partial charge in [0.05, 0.1) is 5.02 Å². The second-order valence-electron chi connectivity index (χ2n) is 9.29. The highest BCUT2D eigenvalue weighted by Crippen LogP contribution is 2.45. The molecule has 0 bridgehead atoms. The summed E-state index contributed by atoms with van der Waals surface area (Å²) in [4.78, 5) is 20.2. The molecule has 3 aliphatic rings. The van der Waals surface area contributed by atoms with Crippen molar-refractivity contribution < 1.29 is 9.90 Å². The van der Waals surface area contributed by atoms with Crippen LogP contribution in [-0.2, 0) is 12.8 Å². The third-order valence-electron chi connectivity index (χ3n) is 7.49. The number of likely N-dealkylation sites (N-methyl/N-ethyl adjacent to an activating group) is 2. The van der Waals surface area contributed by atoms with Crippen LogP contribution in [0.15, 0.2) is 30.3 Å². The number of hydrogen-bond acceptors (Lipinski definition) is 4. The van der Waals surface area contributed by atoms with E-state index in [9.17, 15) is 9.90 Å². The molecular weight excluding hydrogens is 410 g/mol. The maximum atomic E-state index is 13.5. The van der Waals surface area contributed by atoms with Gasteiger partial charge in [-0.05, 0) is 73.8 Å². The van der Waals surface area contributed by atoms with E-state index in [4.69, 9.17) is 11.6 Å². The van der Waals surface area contributed by atoms with Gasteiger partial charge in [-0.3, -0.25) is 4.79 Å². The van der Waals surface area contributed by atoms with Gasteiger partial charge in [0.2, 0.25) is 0 Å². The summed E-state index contributed by atoms with van der Waals surface area (Å²) >= 11 is 6.26. The fraction of sp³-hybridized carbons (Fsp3) is 0.480. The number of phenols is 1. The lowest BCUT2D eigenvalue weighted by Crippen LogP contribution is -2.47. The highest BCUT2D eigenvalue weighted by molar-refractivity contribution is 6.32. The van der Waals surface area contributed by atoms with Crippen LogP contribution >= 0.6 is 11.6 Å². The number of piperazine rings is 1. The van der Waals surface area contributed by atoms with Crippen LogP contribution in [0.3, 0.4) is 0 Å². The van der Waals surface area contributed by atoms with E-state index in [2.05, 4.69) is 30.0 Å². The molecule has 2 heterocycles. The molecule has 164 valence electrons. The number of carbonyl (C=O) groups is 1. The summed E-state index contributed by atoms with van der Waals surface area (Å²) in [5.41, 5.74) is 5.62. The third-order valence-corrected chi connectivity index (χ3v) is 7.79. The standard InChI is InChI=1S/C25H30ClN3O2/c1-27-10-12-29(13-11-27)25(31)19-5-3-4-18-17(19)6-7-22-24(18)20-15-23(30)21(26)14-16(20)8-9-28(22)2/h3-5,14-15,22,24,30H,6-13H2,1-2H3. The van der Waals surface area contributed by atoms with Gasteiger partial charge in [0.15, 0.2) is 0 Å². The lowest BCUT2D eigenvalue weighted by Gasteiger charge is -2.39. The summed E-state index contributed by atoms with van der Waals surface area (Å²) < 4.78 is 0. The smallest absolute Gasteiger partial charge is 0.254 e. The molecule has 0 saturated carbocycles. The first-order valence-electron chi connectivity index (χ1n) is 11.2. The summed E-state index contributed by atoms with van der Waals surface area (Å²) in [7, 11) is 4.29. The van der Waals surface area contributed by atoms with E-state index in [-0.39, 0.29) is 17.6 Å². The van der Waals surface area contributed by atoms with Crippen LogP contribution in [0.4, 0.5) is 0 Å². The number of rotatable bonds is 1. The summed E-state index contributed by atoms with van der Waals surface area (Å²) in [6.07, 6.45) is 2.82. The highest BCUT2D eigenvalue weighted by Gasteiger charge is 2.38. The van der Waals surface area contributed by atoms with Gasteiger partial charge in [-0.15, -0.1) is 0 Å². The quantitative estimate of drug-likeness (QED) is 0.740. The number of hydrogen-bond donors (Lipinski definition) is 1. The molecule has 0 spiro atoms. The zero-order valence-corrected chi connectivity index (χ0v) is 19.0. The lowest BCUT2D eigenvalue weighted by atomic mass is 9.73. The minimum Gasteiger partial charge on any atom is -0.506 e.